The van der Waals surface area contributed by atoms with E-state index in [1.54, 1.807) is 6.33 Å². The molecule has 2 heterocycles. The molecule has 0 atom stereocenters. The maximum absolute atomic E-state index is 5.91. The summed E-state index contributed by atoms with van der Waals surface area (Å²) in [5.74, 6) is 0.827. The van der Waals surface area contributed by atoms with Gasteiger partial charge in [-0.3, -0.25) is 0 Å². The van der Waals surface area contributed by atoms with Crippen LogP contribution in [0, 0.1) is 0 Å². The van der Waals surface area contributed by atoms with Crippen molar-refractivity contribution >= 4 is 27.9 Å². The first-order valence-electron chi connectivity index (χ1n) is 6.80. The van der Waals surface area contributed by atoms with Gasteiger partial charge in [-0.1, -0.05) is 25.0 Å². The van der Waals surface area contributed by atoms with Gasteiger partial charge < -0.3 is 9.73 Å². The quantitative estimate of drug-likeness (QED) is 0.756. The lowest BCUT2D eigenvalue weighted by Crippen LogP contribution is -2.15. The Morgan fingerprint density at radius 1 is 1.11 bits per heavy atom. The molecular weight excluding hydrogens is 238 g/mol. The van der Waals surface area contributed by atoms with E-state index in [1.807, 2.05) is 24.3 Å². The minimum Gasteiger partial charge on any atom is -0.450 e. The van der Waals surface area contributed by atoms with E-state index >= 15 is 0 Å². The van der Waals surface area contributed by atoms with Crippen molar-refractivity contribution in [2.45, 2.75) is 31.7 Å². The molecule has 1 saturated carbocycles. The Morgan fingerprint density at radius 3 is 2.84 bits per heavy atom. The number of furan rings is 1. The van der Waals surface area contributed by atoms with Crippen molar-refractivity contribution in [3.63, 3.8) is 0 Å². The predicted octanol–water partition coefficient (Wildman–Crippen LogP) is 3.73. The number of fused-ring (bicyclic) bond motifs is 3. The van der Waals surface area contributed by atoms with Crippen LogP contribution in [0.1, 0.15) is 25.7 Å². The lowest BCUT2D eigenvalue weighted by molar-refractivity contribution is 0.662. The molecule has 0 bridgehead atoms. The zero-order chi connectivity index (χ0) is 12.7. The van der Waals surface area contributed by atoms with Crippen molar-refractivity contribution in [3.05, 3.63) is 30.6 Å². The number of anilines is 1. The van der Waals surface area contributed by atoms with Gasteiger partial charge in [0.25, 0.3) is 0 Å². The van der Waals surface area contributed by atoms with Gasteiger partial charge in [-0.05, 0) is 25.0 Å². The van der Waals surface area contributed by atoms with Gasteiger partial charge in [0.1, 0.15) is 17.4 Å². The van der Waals surface area contributed by atoms with Crippen LogP contribution in [0.2, 0.25) is 0 Å². The Kier molecular flexibility index (Phi) is 2.40. The Balaban J connectivity index is 1.86. The van der Waals surface area contributed by atoms with Crippen LogP contribution in [-0.2, 0) is 0 Å². The molecule has 0 aliphatic heterocycles. The molecule has 4 nitrogen and oxygen atoms in total. The van der Waals surface area contributed by atoms with Gasteiger partial charge in [0.2, 0.25) is 0 Å². The Bertz CT molecular complexity index is 728. The standard InChI is InChI=1S/C15H15N3O/c1-2-6-10(5-1)18-15-14-13(16-9-17-15)11-7-3-4-8-12(11)19-14/h3-4,7-10H,1-2,5-6H2,(H,16,17,18). The smallest absolute Gasteiger partial charge is 0.196 e. The first-order chi connectivity index (χ1) is 9.42. The largest absolute Gasteiger partial charge is 0.450 e. The van der Waals surface area contributed by atoms with Crippen molar-refractivity contribution in [1.82, 2.24) is 9.97 Å². The van der Waals surface area contributed by atoms with Crippen LogP contribution < -0.4 is 5.32 Å². The number of nitrogens with zero attached hydrogens (tertiary/aromatic N) is 2. The third-order valence-corrected chi connectivity index (χ3v) is 3.85. The monoisotopic (exact) mass is 253 g/mol. The Morgan fingerprint density at radius 2 is 1.95 bits per heavy atom. The summed E-state index contributed by atoms with van der Waals surface area (Å²) in [6.07, 6.45) is 6.64. The number of hydrogen-bond donors (Lipinski definition) is 1. The molecule has 3 aromatic rings. The molecule has 0 saturated heterocycles. The molecule has 2 aromatic heterocycles. The number of benzene rings is 1. The summed E-state index contributed by atoms with van der Waals surface area (Å²) in [5.41, 5.74) is 2.54. The number of aromatic nitrogens is 2. The van der Waals surface area contributed by atoms with Crippen molar-refractivity contribution in [2.75, 3.05) is 5.32 Å². The highest BCUT2D eigenvalue weighted by Crippen LogP contribution is 2.31. The average Bonchev–Trinajstić information content (AvgIpc) is 3.06. The Labute approximate surface area is 110 Å². The second-order valence-electron chi connectivity index (χ2n) is 5.12. The maximum Gasteiger partial charge on any atom is 0.196 e. The minimum atomic E-state index is 0.520. The van der Waals surface area contributed by atoms with E-state index in [1.165, 1.54) is 25.7 Å². The van der Waals surface area contributed by atoms with Gasteiger partial charge in [0.05, 0.1) is 0 Å². The molecule has 0 radical (unpaired) electrons. The molecule has 1 N–H and O–H groups in total. The molecule has 0 spiro atoms. The van der Waals surface area contributed by atoms with E-state index < -0.39 is 0 Å². The molecule has 0 unspecified atom stereocenters. The third kappa shape index (κ3) is 1.75. The van der Waals surface area contributed by atoms with E-state index in [2.05, 4.69) is 15.3 Å². The van der Waals surface area contributed by atoms with E-state index in [-0.39, 0.29) is 0 Å². The van der Waals surface area contributed by atoms with Crippen LogP contribution in [0.5, 0.6) is 0 Å². The van der Waals surface area contributed by atoms with E-state index in [0.717, 1.165) is 27.9 Å². The molecule has 0 amide bonds. The van der Waals surface area contributed by atoms with Crippen LogP contribution in [0.3, 0.4) is 0 Å². The van der Waals surface area contributed by atoms with E-state index in [9.17, 15) is 0 Å². The lowest BCUT2D eigenvalue weighted by Gasteiger charge is -2.11. The van der Waals surface area contributed by atoms with Crippen molar-refractivity contribution in [1.29, 1.82) is 0 Å². The Hall–Kier alpha value is -2.10. The fraction of sp³-hybridized carbons (Fsp3) is 0.333. The van der Waals surface area contributed by atoms with Gasteiger partial charge in [0, 0.05) is 11.4 Å². The molecule has 4 rings (SSSR count). The highest BCUT2D eigenvalue weighted by molar-refractivity contribution is 6.05. The molecule has 96 valence electrons. The van der Waals surface area contributed by atoms with Gasteiger partial charge in [-0.25, -0.2) is 9.97 Å². The zero-order valence-corrected chi connectivity index (χ0v) is 10.6. The normalized spacial score (nSPS) is 16.4. The molecule has 1 fully saturated rings. The third-order valence-electron chi connectivity index (χ3n) is 3.85. The van der Waals surface area contributed by atoms with Gasteiger partial charge in [-0.15, -0.1) is 0 Å². The molecule has 1 aliphatic rings. The van der Waals surface area contributed by atoms with E-state index in [4.69, 9.17) is 4.42 Å². The number of para-hydroxylation sites is 1. The summed E-state index contributed by atoms with van der Waals surface area (Å²) >= 11 is 0. The molecule has 1 aromatic carbocycles. The number of nitrogens with one attached hydrogen (secondary N) is 1. The maximum atomic E-state index is 5.91. The molecule has 1 aliphatic carbocycles. The first kappa shape index (κ1) is 10.8. The van der Waals surface area contributed by atoms with Crippen molar-refractivity contribution in [2.24, 2.45) is 0 Å². The van der Waals surface area contributed by atoms with Gasteiger partial charge in [0.15, 0.2) is 11.4 Å². The summed E-state index contributed by atoms with van der Waals surface area (Å²) in [6, 6.07) is 8.50. The second-order valence-corrected chi connectivity index (χ2v) is 5.12. The van der Waals surface area contributed by atoms with Crippen LogP contribution in [-0.4, -0.2) is 16.0 Å². The molecular formula is C15H15N3O. The van der Waals surface area contributed by atoms with Crippen LogP contribution in [0.25, 0.3) is 22.1 Å². The molecule has 19 heavy (non-hydrogen) atoms. The fourth-order valence-corrected chi connectivity index (χ4v) is 2.89. The first-order valence-corrected chi connectivity index (χ1v) is 6.80. The predicted molar refractivity (Wildman–Crippen MR) is 75.2 cm³/mol. The van der Waals surface area contributed by atoms with Gasteiger partial charge >= 0.3 is 0 Å². The fourth-order valence-electron chi connectivity index (χ4n) is 2.89. The second kappa shape index (κ2) is 4.23. The number of rotatable bonds is 2. The topological polar surface area (TPSA) is 51.0 Å². The lowest BCUT2D eigenvalue weighted by atomic mass is 10.2. The summed E-state index contributed by atoms with van der Waals surface area (Å²) in [5, 5.41) is 4.55. The average molecular weight is 253 g/mol. The highest BCUT2D eigenvalue weighted by Gasteiger charge is 2.18. The van der Waals surface area contributed by atoms with Crippen LogP contribution >= 0.6 is 0 Å². The summed E-state index contributed by atoms with van der Waals surface area (Å²) in [6.45, 7) is 0. The van der Waals surface area contributed by atoms with E-state index in [0.29, 0.717) is 6.04 Å². The van der Waals surface area contributed by atoms with Crippen LogP contribution in [0.15, 0.2) is 35.0 Å². The van der Waals surface area contributed by atoms with Gasteiger partial charge in [-0.2, -0.15) is 0 Å². The molecule has 4 heteroatoms. The summed E-state index contributed by atoms with van der Waals surface area (Å²) < 4.78 is 5.91. The summed E-state index contributed by atoms with van der Waals surface area (Å²) in [4.78, 5) is 8.71. The van der Waals surface area contributed by atoms with Crippen molar-refractivity contribution in [3.8, 4) is 0 Å². The summed E-state index contributed by atoms with van der Waals surface area (Å²) in [7, 11) is 0. The van der Waals surface area contributed by atoms with Crippen molar-refractivity contribution < 1.29 is 4.42 Å². The number of hydrogen-bond acceptors (Lipinski definition) is 4. The zero-order valence-electron chi connectivity index (χ0n) is 10.6. The van der Waals surface area contributed by atoms with Crippen LogP contribution in [0.4, 0.5) is 5.82 Å². The highest BCUT2D eigenvalue weighted by atomic mass is 16.3. The SMILES string of the molecule is c1ccc2c(c1)oc1c(NC3CCCC3)ncnc12. The minimum absolute atomic E-state index is 0.520.